The molecule has 0 unspecified atom stereocenters. The van der Waals surface area contributed by atoms with Crippen molar-refractivity contribution in [2.75, 3.05) is 37.9 Å². The molecule has 2 aliphatic carbocycles. The Bertz CT molecular complexity index is 1500. The lowest BCUT2D eigenvalue weighted by molar-refractivity contribution is 0.0664. The number of nitrogens with zero attached hydrogens (tertiary/aromatic N) is 4. The first-order valence-corrected chi connectivity index (χ1v) is 14.6. The van der Waals surface area contributed by atoms with E-state index in [0.717, 1.165) is 54.5 Å². The van der Waals surface area contributed by atoms with Crippen molar-refractivity contribution in [3.05, 3.63) is 53.6 Å². The smallest absolute Gasteiger partial charge is 0.254 e. The van der Waals surface area contributed by atoms with Gasteiger partial charge in [-0.05, 0) is 69.0 Å². The van der Waals surface area contributed by atoms with Crippen molar-refractivity contribution in [2.45, 2.75) is 43.4 Å². The molecule has 192 valence electrons. The lowest BCUT2D eigenvalue weighted by Gasteiger charge is -2.32. The van der Waals surface area contributed by atoms with Gasteiger partial charge in [0.25, 0.3) is 5.91 Å². The molecule has 3 aromatic rings. The molecule has 9 heteroatoms. The molecule has 1 aromatic heterocycles. The van der Waals surface area contributed by atoms with Gasteiger partial charge in [-0.1, -0.05) is 18.2 Å². The van der Waals surface area contributed by atoms with Gasteiger partial charge >= 0.3 is 0 Å². The minimum atomic E-state index is -3.34. The number of hydrogen-bond donors (Lipinski definition) is 1. The number of amides is 1. The summed E-state index contributed by atoms with van der Waals surface area (Å²) < 4.78 is 29.6. The van der Waals surface area contributed by atoms with E-state index in [4.69, 9.17) is 0 Å². The number of anilines is 1. The van der Waals surface area contributed by atoms with Crippen LogP contribution in [-0.2, 0) is 10.0 Å². The molecule has 2 aromatic carbocycles. The molecule has 0 spiro atoms. The van der Waals surface area contributed by atoms with E-state index >= 15 is 0 Å². The molecule has 1 saturated heterocycles. The Morgan fingerprint density at radius 2 is 1.70 bits per heavy atom. The summed E-state index contributed by atoms with van der Waals surface area (Å²) in [5, 5.41) is 10.8. The van der Waals surface area contributed by atoms with Gasteiger partial charge in [0.15, 0.2) is 0 Å². The van der Waals surface area contributed by atoms with Crippen LogP contribution in [0.3, 0.4) is 0 Å². The van der Waals surface area contributed by atoms with Gasteiger partial charge in [0.2, 0.25) is 10.0 Å². The van der Waals surface area contributed by atoms with E-state index in [1.165, 1.54) is 0 Å². The van der Waals surface area contributed by atoms with E-state index in [-0.39, 0.29) is 17.2 Å². The van der Waals surface area contributed by atoms with Crippen molar-refractivity contribution in [3.8, 4) is 17.3 Å². The van der Waals surface area contributed by atoms with Crippen molar-refractivity contribution in [2.24, 2.45) is 0 Å². The molecular weight excluding hydrogens is 486 g/mol. The molecule has 8 nitrogen and oxygen atoms in total. The number of rotatable bonds is 6. The predicted octanol–water partition coefficient (Wildman–Crippen LogP) is 4.20. The average Bonchev–Trinajstić information content (AvgIpc) is 3.68. The van der Waals surface area contributed by atoms with E-state index in [1.54, 1.807) is 12.1 Å². The SMILES string of the molecule is CN1CCN(C(=O)c2ccc3c(C#N)c(-c4ccc(NS(=O)(=O)C5CC5)cc4)n(C4CCC4)c3c2)CC1. The van der Waals surface area contributed by atoms with Gasteiger partial charge in [0.1, 0.15) is 6.07 Å². The highest BCUT2D eigenvalue weighted by atomic mass is 32.2. The monoisotopic (exact) mass is 517 g/mol. The van der Waals surface area contributed by atoms with Crippen molar-refractivity contribution in [1.29, 1.82) is 5.26 Å². The first-order chi connectivity index (χ1) is 17.9. The number of sulfonamides is 1. The second kappa shape index (κ2) is 9.19. The second-order valence-corrected chi connectivity index (χ2v) is 12.5. The summed E-state index contributed by atoms with van der Waals surface area (Å²) in [6.07, 6.45) is 4.60. The maximum absolute atomic E-state index is 13.3. The molecular formula is C28H31N5O3S. The van der Waals surface area contributed by atoms with E-state index in [9.17, 15) is 18.5 Å². The zero-order valence-electron chi connectivity index (χ0n) is 21.0. The highest BCUT2D eigenvalue weighted by molar-refractivity contribution is 7.93. The first-order valence-electron chi connectivity index (χ1n) is 13.0. The summed E-state index contributed by atoms with van der Waals surface area (Å²) in [7, 11) is -1.27. The maximum Gasteiger partial charge on any atom is 0.254 e. The fraction of sp³-hybridized carbons (Fsp3) is 0.429. The Balaban J connectivity index is 1.40. The van der Waals surface area contributed by atoms with Gasteiger partial charge in [0, 0.05) is 48.9 Å². The lowest BCUT2D eigenvalue weighted by atomic mass is 9.92. The summed E-state index contributed by atoms with van der Waals surface area (Å²) in [6.45, 7) is 3.15. The fourth-order valence-electron chi connectivity index (χ4n) is 5.38. The van der Waals surface area contributed by atoms with Gasteiger partial charge in [0.05, 0.1) is 22.0 Å². The normalized spacial score (nSPS) is 19.0. The van der Waals surface area contributed by atoms with Crippen molar-refractivity contribution >= 4 is 32.5 Å². The summed E-state index contributed by atoms with van der Waals surface area (Å²) in [5.74, 6) is 0.0312. The Morgan fingerprint density at radius 1 is 1.00 bits per heavy atom. The quantitative estimate of drug-likeness (QED) is 0.529. The molecule has 0 atom stereocenters. The first kappa shape index (κ1) is 24.0. The number of hydrogen-bond acceptors (Lipinski definition) is 5. The molecule has 1 N–H and O–H groups in total. The number of fused-ring (bicyclic) bond motifs is 1. The van der Waals surface area contributed by atoms with Crippen LogP contribution in [0.1, 0.15) is 54.1 Å². The molecule has 0 radical (unpaired) electrons. The van der Waals surface area contributed by atoms with Crippen LogP contribution in [0, 0.1) is 11.3 Å². The van der Waals surface area contributed by atoms with E-state index < -0.39 is 10.0 Å². The Kier molecular flexibility index (Phi) is 5.97. The van der Waals surface area contributed by atoms with Crippen molar-refractivity contribution < 1.29 is 13.2 Å². The molecule has 2 heterocycles. The van der Waals surface area contributed by atoms with Gasteiger partial charge in [-0.15, -0.1) is 0 Å². The Labute approximate surface area is 217 Å². The third-order valence-corrected chi connectivity index (χ3v) is 9.84. The number of benzene rings is 2. The largest absolute Gasteiger partial charge is 0.336 e. The van der Waals surface area contributed by atoms with Crippen LogP contribution in [0.5, 0.6) is 0 Å². The molecule has 1 aliphatic heterocycles. The summed E-state index contributed by atoms with van der Waals surface area (Å²) >= 11 is 0. The Hall–Kier alpha value is -3.35. The van der Waals surface area contributed by atoms with Gasteiger partial charge < -0.3 is 14.4 Å². The summed E-state index contributed by atoms with van der Waals surface area (Å²) in [5.41, 5.74) is 4.38. The van der Waals surface area contributed by atoms with Crippen LogP contribution < -0.4 is 4.72 Å². The van der Waals surface area contributed by atoms with E-state index in [1.807, 2.05) is 35.2 Å². The molecule has 6 rings (SSSR count). The van der Waals surface area contributed by atoms with E-state index in [0.29, 0.717) is 42.7 Å². The van der Waals surface area contributed by atoms with Gasteiger partial charge in [-0.25, -0.2) is 8.42 Å². The van der Waals surface area contributed by atoms with Crippen LogP contribution in [0.15, 0.2) is 42.5 Å². The van der Waals surface area contributed by atoms with Crippen LogP contribution in [0.2, 0.25) is 0 Å². The number of nitrogens with one attached hydrogen (secondary N) is 1. The van der Waals surface area contributed by atoms with Gasteiger partial charge in [-0.3, -0.25) is 9.52 Å². The van der Waals surface area contributed by atoms with Crippen LogP contribution in [0.25, 0.3) is 22.2 Å². The molecule has 0 bridgehead atoms. The minimum absolute atomic E-state index is 0.0312. The molecule has 3 aliphatic rings. The van der Waals surface area contributed by atoms with E-state index in [2.05, 4.69) is 27.3 Å². The predicted molar refractivity (Wildman–Crippen MR) is 144 cm³/mol. The van der Waals surface area contributed by atoms with Crippen LogP contribution in [0.4, 0.5) is 5.69 Å². The summed E-state index contributed by atoms with van der Waals surface area (Å²) in [6, 6.07) is 15.7. The number of nitriles is 1. The fourth-order valence-corrected chi connectivity index (χ4v) is 6.77. The lowest BCUT2D eigenvalue weighted by Crippen LogP contribution is -2.47. The average molecular weight is 518 g/mol. The third-order valence-electron chi connectivity index (χ3n) is 7.98. The van der Waals surface area contributed by atoms with Crippen LogP contribution in [-0.4, -0.2) is 67.2 Å². The van der Waals surface area contributed by atoms with Crippen molar-refractivity contribution in [3.63, 3.8) is 0 Å². The number of aromatic nitrogens is 1. The second-order valence-electron chi connectivity index (χ2n) is 10.5. The highest BCUT2D eigenvalue weighted by Gasteiger charge is 2.36. The third kappa shape index (κ3) is 4.38. The highest BCUT2D eigenvalue weighted by Crippen LogP contribution is 2.43. The van der Waals surface area contributed by atoms with Crippen molar-refractivity contribution in [1.82, 2.24) is 14.4 Å². The number of carbonyl (C=O) groups excluding carboxylic acids is 1. The number of piperazine rings is 1. The molecule has 1 amide bonds. The molecule has 2 saturated carbocycles. The Morgan fingerprint density at radius 3 is 2.30 bits per heavy atom. The topological polar surface area (TPSA) is 98.4 Å². The summed E-state index contributed by atoms with van der Waals surface area (Å²) in [4.78, 5) is 17.5. The maximum atomic E-state index is 13.3. The molecule has 37 heavy (non-hydrogen) atoms. The standard InChI is InChI=1S/C28H31N5O3S/c1-31-13-15-32(16-14-31)28(34)20-7-12-24-25(18-29)27(33(26(24)17-20)22-3-2-4-22)19-5-8-21(9-6-19)30-37(35,36)23-10-11-23/h5-9,12,17,22-23,30H,2-4,10-11,13-16H2,1H3. The zero-order chi connectivity index (χ0) is 25.7. The van der Waals surface area contributed by atoms with Gasteiger partial charge in [-0.2, -0.15) is 5.26 Å². The number of likely N-dealkylation sites (N-methyl/N-ethyl adjacent to an activating group) is 1. The van der Waals surface area contributed by atoms with Crippen LogP contribution >= 0.6 is 0 Å². The number of carbonyl (C=O) groups is 1. The zero-order valence-corrected chi connectivity index (χ0v) is 21.8. The minimum Gasteiger partial charge on any atom is -0.336 e. The molecule has 3 fully saturated rings.